The molecule has 0 saturated heterocycles. The van der Waals surface area contributed by atoms with E-state index in [1.54, 1.807) is 0 Å². The SMILES string of the molecule is Cc1ccc(C(=O)c2ccc(C)nc2C)c(C)c1. The van der Waals surface area contributed by atoms with Crippen molar-refractivity contribution in [3.05, 3.63) is 64.0 Å². The zero-order valence-electron chi connectivity index (χ0n) is 11.2. The van der Waals surface area contributed by atoms with Crippen LogP contribution in [0.3, 0.4) is 0 Å². The fourth-order valence-electron chi connectivity index (χ4n) is 2.14. The van der Waals surface area contributed by atoms with Crippen molar-refractivity contribution >= 4 is 5.78 Å². The summed E-state index contributed by atoms with van der Waals surface area (Å²) in [5, 5.41) is 0. The lowest BCUT2D eigenvalue weighted by Gasteiger charge is -2.08. The fourth-order valence-corrected chi connectivity index (χ4v) is 2.14. The van der Waals surface area contributed by atoms with Crippen LogP contribution in [-0.4, -0.2) is 10.8 Å². The van der Waals surface area contributed by atoms with Gasteiger partial charge in [0.15, 0.2) is 5.78 Å². The molecule has 0 aliphatic rings. The molecule has 0 aliphatic carbocycles. The number of benzene rings is 1. The minimum Gasteiger partial charge on any atom is -0.289 e. The van der Waals surface area contributed by atoms with E-state index in [9.17, 15) is 4.79 Å². The molecule has 0 fully saturated rings. The van der Waals surface area contributed by atoms with Crippen molar-refractivity contribution in [1.82, 2.24) is 4.98 Å². The zero-order chi connectivity index (χ0) is 13.3. The largest absolute Gasteiger partial charge is 0.289 e. The first-order chi connectivity index (χ1) is 8.49. The number of hydrogen-bond donors (Lipinski definition) is 0. The van der Waals surface area contributed by atoms with E-state index in [0.717, 1.165) is 22.5 Å². The van der Waals surface area contributed by atoms with E-state index in [-0.39, 0.29) is 5.78 Å². The van der Waals surface area contributed by atoms with Crippen LogP contribution in [0, 0.1) is 27.7 Å². The van der Waals surface area contributed by atoms with Crippen LogP contribution in [-0.2, 0) is 0 Å². The third kappa shape index (κ3) is 2.33. The first-order valence-corrected chi connectivity index (χ1v) is 6.05. The quantitative estimate of drug-likeness (QED) is 0.750. The van der Waals surface area contributed by atoms with Crippen LogP contribution in [0.5, 0.6) is 0 Å². The molecule has 18 heavy (non-hydrogen) atoms. The van der Waals surface area contributed by atoms with Crippen molar-refractivity contribution in [3.63, 3.8) is 0 Å². The standard InChI is InChI=1S/C16H17NO/c1-10-5-7-14(11(2)9-10)16(18)15-8-6-12(3)17-13(15)4/h5-9H,1-4H3. The van der Waals surface area contributed by atoms with Crippen LogP contribution in [0.2, 0.25) is 0 Å². The number of carbonyl (C=O) groups excluding carboxylic acids is 1. The molecule has 92 valence electrons. The number of rotatable bonds is 2. The van der Waals surface area contributed by atoms with E-state index in [0.29, 0.717) is 5.56 Å². The highest BCUT2D eigenvalue weighted by Crippen LogP contribution is 2.17. The maximum atomic E-state index is 12.5. The van der Waals surface area contributed by atoms with Crippen LogP contribution < -0.4 is 0 Å². The molecule has 0 atom stereocenters. The molecule has 1 aromatic heterocycles. The Morgan fingerprint density at radius 3 is 2.22 bits per heavy atom. The number of pyridine rings is 1. The van der Waals surface area contributed by atoms with Crippen LogP contribution in [0.1, 0.15) is 38.4 Å². The second kappa shape index (κ2) is 4.73. The Morgan fingerprint density at radius 2 is 1.61 bits per heavy atom. The highest BCUT2D eigenvalue weighted by molar-refractivity contribution is 6.10. The Hall–Kier alpha value is -1.96. The number of nitrogens with zero attached hydrogens (tertiary/aromatic N) is 1. The Bertz CT molecular complexity index is 561. The molecule has 0 amide bonds. The molecule has 0 aliphatic heterocycles. The Kier molecular flexibility index (Phi) is 3.28. The summed E-state index contributed by atoms with van der Waals surface area (Å²) in [6, 6.07) is 9.64. The predicted octanol–water partition coefficient (Wildman–Crippen LogP) is 3.55. The lowest BCUT2D eigenvalue weighted by molar-refractivity contribution is 0.103. The molecule has 2 rings (SSSR count). The maximum absolute atomic E-state index is 12.5. The van der Waals surface area contributed by atoms with Gasteiger partial charge in [-0.25, -0.2) is 0 Å². The van der Waals surface area contributed by atoms with Crippen LogP contribution in [0.25, 0.3) is 0 Å². The van der Waals surface area contributed by atoms with Crippen molar-refractivity contribution < 1.29 is 4.79 Å². The minimum atomic E-state index is 0.0532. The summed E-state index contributed by atoms with van der Waals surface area (Å²) >= 11 is 0. The predicted molar refractivity (Wildman–Crippen MR) is 73.1 cm³/mol. The minimum absolute atomic E-state index is 0.0532. The topological polar surface area (TPSA) is 30.0 Å². The molecule has 2 aromatic rings. The molecule has 0 N–H and O–H groups in total. The van der Waals surface area contributed by atoms with Crippen molar-refractivity contribution in [1.29, 1.82) is 0 Å². The fraction of sp³-hybridized carbons (Fsp3) is 0.250. The van der Waals surface area contributed by atoms with Crippen molar-refractivity contribution in [3.8, 4) is 0 Å². The molecule has 0 saturated carbocycles. The average molecular weight is 239 g/mol. The van der Waals surface area contributed by atoms with Gasteiger partial charge in [-0.05, 0) is 45.4 Å². The van der Waals surface area contributed by atoms with Crippen molar-refractivity contribution in [2.45, 2.75) is 27.7 Å². The monoisotopic (exact) mass is 239 g/mol. The molecule has 2 nitrogen and oxygen atoms in total. The molecule has 0 spiro atoms. The second-order valence-electron chi connectivity index (χ2n) is 4.73. The first kappa shape index (κ1) is 12.5. The zero-order valence-corrected chi connectivity index (χ0v) is 11.2. The van der Waals surface area contributed by atoms with Gasteiger partial charge in [0.05, 0.1) is 0 Å². The number of hydrogen-bond acceptors (Lipinski definition) is 2. The number of aromatic nitrogens is 1. The molecular weight excluding hydrogens is 222 g/mol. The Balaban J connectivity index is 2.48. The lowest BCUT2D eigenvalue weighted by atomic mass is 9.97. The normalized spacial score (nSPS) is 10.4. The van der Waals surface area contributed by atoms with Crippen molar-refractivity contribution in [2.75, 3.05) is 0 Å². The number of ketones is 1. The maximum Gasteiger partial charge on any atom is 0.195 e. The summed E-state index contributed by atoms with van der Waals surface area (Å²) in [6.07, 6.45) is 0. The summed E-state index contributed by atoms with van der Waals surface area (Å²) in [6.45, 7) is 7.80. The van der Waals surface area contributed by atoms with Crippen molar-refractivity contribution in [2.24, 2.45) is 0 Å². The van der Waals surface area contributed by atoms with E-state index in [2.05, 4.69) is 4.98 Å². The lowest BCUT2D eigenvalue weighted by Crippen LogP contribution is -2.07. The van der Waals surface area contributed by atoms with E-state index in [1.165, 1.54) is 5.56 Å². The van der Waals surface area contributed by atoms with Gasteiger partial charge in [0.1, 0.15) is 0 Å². The summed E-state index contributed by atoms with van der Waals surface area (Å²) in [5.74, 6) is 0.0532. The Labute approximate surface area is 108 Å². The molecule has 0 radical (unpaired) electrons. The van der Waals surface area contributed by atoms with Crippen LogP contribution in [0.15, 0.2) is 30.3 Å². The summed E-state index contributed by atoms with van der Waals surface area (Å²) in [7, 11) is 0. The molecule has 1 heterocycles. The summed E-state index contributed by atoms with van der Waals surface area (Å²) in [5.41, 5.74) is 5.36. The second-order valence-corrected chi connectivity index (χ2v) is 4.73. The third-order valence-electron chi connectivity index (χ3n) is 3.10. The van der Waals surface area contributed by atoms with Gasteiger partial charge in [-0.3, -0.25) is 9.78 Å². The number of carbonyl (C=O) groups is 1. The highest BCUT2D eigenvalue weighted by atomic mass is 16.1. The van der Waals surface area contributed by atoms with Gasteiger partial charge in [0, 0.05) is 22.5 Å². The molecule has 0 unspecified atom stereocenters. The molecule has 2 heteroatoms. The van der Waals surface area contributed by atoms with E-state index in [1.807, 2.05) is 58.0 Å². The first-order valence-electron chi connectivity index (χ1n) is 6.05. The molecular formula is C16H17NO. The van der Waals surface area contributed by atoms with Gasteiger partial charge in [-0.15, -0.1) is 0 Å². The molecule has 0 bridgehead atoms. The van der Waals surface area contributed by atoms with E-state index < -0.39 is 0 Å². The van der Waals surface area contributed by atoms with Crippen LogP contribution in [0.4, 0.5) is 0 Å². The summed E-state index contributed by atoms with van der Waals surface area (Å²) in [4.78, 5) is 16.8. The van der Waals surface area contributed by atoms with E-state index >= 15 is 0 Å². The Morgan fingerprint density at radius 1 is 0.944 bits per heavy atom. The van der Waals surface area contributed by atoms with Gasteiger partial charge in [0.2, 0.25) is 0 Å². The van der Waals surface area contributed by atoms with Crippen LogP contribution >= 0.6 is 0 Å². The van der Waals surface area contributed by atoms with E-state index in [4.69, 9.17) is 0 Å². The van der Waals surface area contributed by atoms with Gasteiger partial charge >= 0.3 is 0 Å². The molecule has 1 aromatic carbocycles. The highest BCUT2D eigenvalue weighted by Gasteiger charge is 2.14. The average Bonchev–Trinajstić information content (AvgIpc) is 2.28. The third-order valence-corrected chi connectivity index (χ3v) is 3.10. The number of aryl methyl sites for hydroxylation is 4. The summed E-state index contributed by atoms with van der Waals surface area (Å²) < 4.78 is 0. The smallest absolute Gasteiger partial charge is 0.195 e. The van der Waals surface area contributed by atoms with Gasteiger partial charge in [0.25, 0.3) is 0 Å². The van der Waals surface area contributed by atoms with Gasteiger partial charge in [-0.2, -0.15) is 0 Å². The van der Waals surface area contributed by atoms with Gasteiger partial charge < -0.3 is 0 Å². The van der Waals surface area contributed by atoms with Gasteiger partial charge in [-0.1, -0.05) is 23.8 Å².